The van der Waals surface area contributed by atoms with Crippen LogP contribution in [-0.4, -0.2) is 54.5 Å². The number of nitrogen functional groups attached to an aromatic ring is 1. The van der Waals surface area contributed by atoms with Crippen molar-refractivity contribution < 1.29 is 27.8 Å². The topological polar surface area (TPSA) is 149 Å². The van der Waals surface area contributed by atoms with Crippen molar-refractivity contribution in [2.45, 2.75) is 12.8 Å². The molecule has 0 aliphatic heterocycles. The van der Waals surface area contributed by atoms with Crippen LogP contribution in [0.1, 0.15) is 12.0 Å². The van der Waals surface area contributed by atoms with Crippen LogP contribution in [0.25, 0.3) is 27.9 Å². The van der Waals surface area contributed by atoms with Crippen LogP contribution < -0.4 is 19.5 Å². The quantitative estimate of drug-likeness (QED) is 0.206. The zero-order valence-electron chi connectivity index (χ0n) is 23.5. The van der Waals surface area contributed by atoms with Crippen LogP contribution in [0.5, 0.6) is 17.2 Å². The lowest BCUT2D eigenvalue weighted by molar-refractivity contribution is -0.136. The fourth-order valence-corrected chi connectivity index (χ4v) is 5.51. The van der Waals surface area contributed by atoms with Crippen molar-refractivity contribution in [3.05, 3.63) is 83.6 Å². The molecule has 0 bridgehead atoms. The molecule has 0 amide bonds. The minimum absolute atomic E-state index is 0.150. The molecule has 13 heteroatoms. The molecule has 5 aromatic rings. The Balaban J connectivity index is 1.70. The summed E-state index contributed by atoms with van der Waals surface area (Å²) in [7, 11) is -0.482. The normalized spacial score (nSPS) is 11.4. The third-order valence-electron chi connectivity index (χ3n) is 6.92. The number of ether oxygens (including phenoxy) is 2. The Kier molecular flexibility index (Phi) is 8.16. The summed E-state index contributed by atoms with van der Waals surface area (Å²) >= 11 is 6.12. The molecule has 0 unspecified atom stereocenters. The first-order valence-corrected chi connectivity index (χ1v) is 15.2. The monoisotopic (exact) mass is 621 g/mol. The molecule has 0 radical (unpaired) electrons. The zero-order valence-corrected chi connectivity index (χ0v) is 25.1. The van der Waals surface area contributed by atoms with Gasteiger partial charge in [-0.3, -0.25) is 9.10 Å². The fourth-order valence-electron chi connectivity index (χ4n) is 4.83. The van der Waals surface area contributed by atoms with Gasteiger partial charge in [-0.05, 0) is 60.0 Å². The van der Waals surface area contributed by atoms with Gasteiger partial charge in [-0.15, -0.1) is 0 Å². The number of carboxylic acid groups (broad SMARTS) is 1. The Morgan fingerprint density at radius 2 is 1.79 bits per heavy atom. The summed E-state index contributed by atoms with van der Waals surface area (Å²) in [6.45, 7) is 0. The standard InChI is InChI=1S/C30H28ClN5O6S/c1-35(43(3,39)40)21-10-7-18(8-11-21)28-23(12-14-26(37)38)27(29-30(32)33-17-34-36(28)29)19-9-13-24(25(15-19)41-2)42-22-6-4-5-20(31)16-22/h4-11,13,15-17H,12,14H2,1-3H3,(H,37,38)(H2,32,33,34). The molecule has 0 fully saturated rings. The van der Waals surface area contributed by atoms with Gasteiger partial charge in [0.2, 0.25) is 10.0 Å². The summed E-state index contributed by atoms with van der Waals surface area (Å²) in [4.78, 5) is 16.0. The lowest BCUT2D eigenvalue weighted by atomic mass is 9.95. The Bertz CT molecular complexity index is 1940. The Labute approximate surface area is 253 Å². The van der Waals surface area contributed by atoms with E-state index in [9.17, 15) is 18.3 Å². The minimum atomic E-state index is -3.47. The number of benzene rings is 3. The van der Waals surface area contributed by atoms with Crippen LogP contribution in [0.2, 0.25) is 5.02 Å². The number of hydrogen-bond acceptors (Lipinski definition) is 8. The first-order chi connectivity index (χ1) is 20.5. The van der Waals surface area contributed by atoms with E-state index in [1.807, 2.05) is 6.07 Å². The maximum atomic E-state index is 12.1. The summed E-state index contributed by atoms with van der Waals surface area (Å²) in [5.74, 6) is 0.615. The lowest BCUT2D eigenvalue weighted by Crippen LogP contribution is -2.24. The van der Waals surface area contributed by atoms with Gasteiger partial charge in [-0.2, -0.15) is 5.10 Å². The Morgan fingerprint density at radius 3 is 2.44 bits per heavy atom. The van der Waals surface area contributed by atoms with E-state index in [4.69, 9.17) is 26.8 Å². The van der Waals surface area contributed by atoms with E-state index in [-0.39, 0.29) is 18.7 Å². The average Bonchev–Trinajstić information content (AvgIpc) is 3.31. The van der Waals surface area contributed by atoms with Crippen LogP contribution in [0.15, 0.2) is 73.1 Å². The highest BCUT2D eigenvalue weighted by Crippen LogP contribution is 2.43. The zero-order chi connectivity index (χ0) is 30.9. The molecule has 2 heterocycles. The molecule has 0 aliphatic carbocycles. The first-order valence-electron chi connectivity index (χ1n) is 13.0. The second-order valence-electron chi connectivity index (χ2n) is 9.70. The summed E-state index contributed by atoms with van der Waals surface area (Å²) in [6, 6.07) is 19.2. The highest BCUT2D eigenvalue weighted by molar-refractivity contribution is 7.92. The van der Waals surface area contributed by atoms with E-state index in [2.05, 4.69) is 10.1 Å². The predicted octanol–water partition coefficient (Wildman–Crippen LogP) is 5.51. The van der Waals surface area contributed by atoms with Gasteiger partial charge >= 0.3 is 5.97 Å². The maximum Gasteiger partial charge on any atom is 0.303 e. The number of rotatable bonds is 10. The molecular weight excluding hydrogens is 594 g/mol. The van der Waals surface area contributed by atoms with Gasteiger partial charge in [0.05, 0.1) is 24.7 Å². The van der Waals surface area contributed by atoms with Crippen LogP contribution in [0.4, 0.5) is 11.5 Å². The van der Waals surface area contributed by atoms with Crippen molar-refractivity contribution in [1.29, 1.82) is 0 Å². The van der Waals surface area contributed by atoms with Gasteiger partial charge < -0.3 is 20.3 Å². The van der Waals surface area contributed by atoms with Gasteiger partial charge in [-0.25, -0.2) is 17.9 Å². The molecule has 222 valence electrons. The molecule has 0 aliphatic rings. The molecule has 5 rings (SSSR count). The number of hydrogen-bond donors (Lipinski definition) is 2. The third-order valence-corrected chi connectivity index (χ3v) is 8.36. The summed E-state index contributed by atoms with van der Waals surface area (Å²) in [5, 5.41) is 14.6. The number of nitrogens with two attached hydrogens (primary N) is 1. The van der Waals surface area contributed by atoms with Crippen LogP contribution in [0, 0.1) is 0 Å². The molecule has 0 saturated heterocycles. The van der Waals surface area contributed by atoms with Crippen molar-refractivity contribution in [2.75, 3.05) is 30.5 Å². The van der Waals surface area contributed by atoms with E-state index in [0.717, 1.165) is 6.26 Å². The Hall–Kier alpha value is -4.81. The van der Waals surface area contributed by atoms with Gasteiger partial charge in [0.25, 0.3) is 0 Å². The second kappa shape index (κ2) is 11.8. The predicted molar refractivity (Wildman–Crippen MR) is 166 cm³/mol. The van der Waals surface area contributed by atoms with E-state index >= 15 is 0 Å². The Morgan fingerprint density at radius 1 is 1.07 bits per heavy atom. The van der Waals surface area contributed by atoms with E-state index < -0.39 is 16.0 Å². The maximum absolute atomic E-state index is 12.1. The summed E-state index contributed by atoms with van der Waals surface area (Å²) in [6.07, 6.45) is 2.44. The number of aromatic nitrogens is 3. The van der Waals surface area contributed by atoms with Crippen molar-refractivity contribution in [1.82, 2.24) is 14.6 Å². The third kappa shape index (κ3) is 6.06. The number of carboxylic acids is 1. The second-order valence-corrected chi connectivity index (χ2v) is 12.2. The molecule has 0 atom stereocenters. The molecule has 11 nitrogen and oxygen atoms in total. The molecule has 3 aromatic carbocycles. The van der Waals surface area contributed by atoms with E-state index in [1.54, 1.807) is 65.2 Å². The van der Waals surface area contributed by atoms with E-state index in [1.165, 1.54) is 24.8 Å². The van der Waals surface area contributed by atoms with Crippen LogP contribution in [-0.2, 0) is 21.2 Å². The van der Waals surface area contributed by atoms with Crippen molar-refractivity contribution in [3.63, 3.8) is 0 Å². The van der Waals surface area contributed by atoms with Crippen molar-refractivity contribution in [3.8, 4) is 39.6 Å². The first kappa shape index (κ1) is 29.7. The van der Waals surface area contributed by atoms with Gasteiger partial charge in [0.1, 0.15) is 17.6 Å². The van der Waals surface area contributed by atoms with Crippen molar-refractivity contribution >= 4 is 44.6 Å². The molecular formula is C30H28ClN5O6S. The molecule has 2 aromatic heterocycles. The van der Waals surface area contributed by atoms with Gasteiger partial charge in [-0.1, -0.05) is 35.9 Å². The van der Waals surface area contributed by atoms with Gasteiger partial charge in [0, 0.05) is 29.6 Å². The lowest BCUT2D eigenvalue weighted by Gasteiger charge is -2.17. The molecule has 43 heavy (non-hydrogen) atoms. The number of anilines is 2. The van der Waals surface area contributed by atoms with E-state index in [0.29, 0.717) is 61.4 Å². The number of nitrogens with zero attached hydrogens (tertiary/aromatic N) is 4. The highest BCUT2D eigenvalue weighted by Gasteiger charge is 2.25. The van der Waals surface area contributed by atoms with Crippen molar-refractivity contribution in [2.24, 2.45) is 0 Å². The minimum Gasteiger partial charge on any atom is -0.493 e. The number of carbonyl (C=O) groups is 1. The van der Waals surface area contributed by atoms with Crippen LogP contribution in [0.3, 0.4) is 0 Å². The molecule has 0 saturated carbocycles. The SMILES string of the molecule is COc1cc(-c2c(CCC(=O)O)c(-c3ccc(N(C)S(C)(=O)=O)cc3)n3ncnc(N)c23)ccc1Oc1cccc(Cl)c1. The molecule has 3 N–H and O–H groups in total. The smallest absolute Gasteiger partial charge is 0.303 e. The number of fused-ring (bicyclic) bond motifs is 1. The summed E-state index contributed by atoms with van der Waals surface area (Å²) in [5.41, 5.74) is 10.6. The van der Waals surface area contributed by atoms with Crippen LogP contribution >= 0.6 is 11.6 Å². The molecule has 0 spiro atoms. The number of methoxy groups -OCH3 is 1. The van der Waals surface area contributed by atoms with Gasteiger partial charge in [0.15, 0.2) is 17.3 Å². The average molecular weight is 622 g/mol. The number of aliphatic carboxylic acids is 1. The highest BCUT2D eigenvalue weighted by atomic mass is 35.5. The largest absolute Gasteiger partial charge is 0.493 e. The number of sulfonamides is 1. The fraction of sp³-hybridized carbons (Fsp3) is 0.167. The number of halogens is 1. The summed E-state index contributed by atoms with van der Waals surface area (Å²) < 4.78 is 38.6.